The van der Waals surface area contributed by atoms with E-state index in [4.69, 9.17) is 10.5 Å². The Morgan fingerprint density at radius 1 is 1.35 bits per heavy atom. The third-order valence-electron chi connectivity index (χ3n) is 2.82. The number of nitrogens with one attached hydrogen (secondary N) is 1. The van der Waals surface area contributed by atoms with Crippen LogP contribution >= 0.6 is 15.9 Å². The predicted molar refractivity (Wildman–Crippen MR) is 84.7 cm³/mol. The Morgan fingerprint density at radius 3 is 2.55 bits per heavy atom. The topological polar surface area (TPSA) is 64.3 Å². The summed E-state index contributed by atoms with van der Waals surface area (Å²) in [5.41, 5.74) is 6.80. The van der Waals surface area contributed by atoms with E-state index in [2.05, 4.69) is 21.2 Å². The highest BCUT2D eigenvalue weighted by molar-refractivity contribution is 9.10. The number of nitrogens with two attached hydrogens (primary N) is 1. The van der Waals surface area contributed by atoms with E-state index >= 15 is 0 Å². The largest absolute Gasteiger partial charge is 0.481 e. The van der Waals surface area contributed by atoms with Crippen molar-refractivity contribution >= 4 is 21.8 Å². The minimum Gasteiger partial charge on any atom is -0.481 e. The van der Waals surface area contributed by atoms with Crippen LogP contribution in [-0.4, -0.2) is 18.6 Å². The summed E-state index contributed by atoms with van der Waals surface area (Å²) >= 11 is 3.40. The summed E-state index contributed by atoms with van der Waals surface area (Å²) < 4.78 is 6.65. The molecule has 0 fully saturated rings. The van der Waals surface area contributed by atoms with E-state index in [0.717, 1.165) is 10.0 Å². The molecule has 3 N–H and O–H groups in total. The maximum Gasteiger partial charge on any atom is 0.260 e. The number of halogens is 1. The van der Waals surface area contributed by atoms with E-state index in [-0.39, 0.29) is 11.9 Å². The number of ether oxygens (including phenoxy) is 1. The molecule has 0 aliphatic carbocycles. The van der Waals surface area contributed by atoms with Gasteiger partial charge in [-0.3, -0.25) is 4.79 Å². The summed E-state index contributed by atoms with van der Waals surface area (Å²) in [7, 11) is 0. The van der Waals surface area contributed by atoms with Crippen LogP contribution < -0.4 is 15.8 Å². The van der Waals surface area contributed by atoms with Gasteiger partial charge in [-0.1, -0.05) is 35.8 Å². The van der Waals surface area contributed by atoms with E-state index in [0.29, 0.717) is 18.2 Å². The molecule has 0 bridgehead atoms. The molecule has 1 amide bonds. The second-order valence-corrected chi connectivity index (χ2v) is 6.29. The van der Waals surface area contributed by atoms with Gasteiger partial charge in [-0.15, -0.1) is 0 Å². The van der Waals surface area contributed by atoms with Crippen LogP contribution in [0.5, 0.6) is 5.75 Å². The molecule has 1 rings (SSSR count). The smallest absolute Gasteiger partial charge is 0.260 e. The Bertz CT molecular complexity index is 461. The second kappa shape index (κ2) is 7.64. The van der Waals surface area contributed by atoms with E-state index in [1.54, 1.807) is 6.92 Å². The van der Waals surface area contributed by atoms with Crippen molar-refractivity contribution in [2.45, 2.75) is 39.8 Å². The Morgan fingerprint density at radius 2 is 2.00 bits per heavy atom. The standard InChI is InChI=1S/C15H23BrN2O2/c1-9(2)8-18-15(19)11(4)20-14-7-12(16)5-6-13(14)10(3)17/h5-7,9-11H,8,17H2,1-4H3,(H,18,19)/t10-,11?/m1/s1. The lowest BCUT2D eigenvalue weighted by Gasteiger charge is -2.19. The molecule has 2 atom stereocenters. The highest BCUT2D eigenvalue weighted by Gasteiger charge is 2.17. The summed E-state index contributed by atoms with van der Waals surface area (Å²) in [6.45, 7) is 8.37. The zero-order valence-electron chi connectivity index (χ0n) is 12.4. The zero-order chi connectivity index (χ0) is 15.3. The van der Waals surface area contributed by atoms with Gasteiger partial charge in [0.1, 0.15) is 5.75 Å². The Labute approximate surface area is 129 Å². The quantitative estimate of drug-likeness (QED) is 0.835. The summed E-state index contributed by atoms with van der Waals surface area (Å²) in [5.74, 6) is 0.938. The average molecular weight is 343 g/mol. The average Bonchev–Trinajstić information content (AvgIpc) is 2.35. The maximum atomic E-state index is 11.9. The lowest BCUT2D eigenvalue weighted by atomic mass is 10.1. The normalized spacial score (nSPS) is 13.9. The van der Waals surface area contributed by atoms with Gasteiger partial charge in [0.25, 0.3) is 5.91 Å². The molecule has 112 valence electrons. The molecule has 5 heteroatoms. The molecule has 0 saturated heterocycles. The predicted octanol–water partition coefficient (Wildman–Crippen LogP) is 3.01. The van der Waals surface area contributed by atoms with Crippen molar-refractivity contribution in [1.82, 2.24) is 5.32 Å². The van der Waals surface area contributed by atoms with E-state index < -0.39 is 6.10 Å². The lowest BCUT2D eigenvalue weighted by molar-refractivity contribution is -0.127. The van der Waals surface area contributed by atoms with Crippen molar-refractivity contribution in [3.8, 4) is 5.75 Å². The number of carbonyl (C=O) groups is 1. The lowest BCUT2D eigenvalue weighted by Crippen LogP contribution is -2.38. The molecule has 1 aromatic rings. The molecule has 20 heavy (non-hydrogen) atoms. The van der Waals surface area contributed by atoms with Crippen molar-refractivity contribution in [1.29, 1.82) is 0 Å². The van der Waals surface area contributed by atoms with Crippen molar-refractivity contribution in [3.05, 3.63) is 28.2 Å². The van der Waals surface area contributed by atoms with Crippen molar-refractivity contribution < 1.29 is 9.53 Å². The number of benzene rings is 1. The third kappa shape index (κ3) is 5.13. The first-order valence-corrected chi connectivity index (χ1v) is 7.60. The monoisotopic (exact) mass is 342 g/mol. The molecular weight excluding hydrogens is 320 g/mol. The number of hydrogen-bond acceptors (Lipinski definition) is 3. The number of rotatable bonds is 6. The molecule has 4 nitrogen and oxygen atoms in total. The van der Waals surface area contributed by atoms with Crippen molar-refractivity contribution in [2.24, 2.45) is 11.7 Å². The van der Waals surface area contributed by atoms with Crippen LogP contribution in [0, 0.1) is 5.92 Å². The van der Waals surface area contributed by atoms with Gasteiger partial charge in [-0.05, 0) is 31.9 Å². The SMILES string of the molecule is CC(C)CNC(=O)C(C)Oc1cc(Br)ccc1[C@@H](C)N. The fourth-order valence-corrected chi connectivity index (χ4v) is 2.02. The molecule has 0 heterocycles. The van der Waals surface area contributed by atoms with Gasteiger partial charge in [0.15, 0.2) is 6.10 Å². The van der Waals surface area contributed by atoms with Gasteiger partial charge < -0.3 is 15.8 Å². The van der Waals surface area contributed by atoms with Crippen LogP contribution in [-0.2, 0) is 4.79 Å². The number of hydrogen-bond donors (Lipinski definition) is 2. The summed E-state index contributed by atoms with van der Waals surface area (Å²) in [6.07, 6.45) is -0.555. The molecule has 1 aromatic carbocycles. The highest BCUT2D eigenvalue weighted by Crippen LogP contribution is 2.28. The van der Waals surface area contributed by atoms with Gasteiger partial charge in [0, 0.05) is 22.6 Å². The fourth-order valence-electron chi connectivity index (χ4n) is 1.68. The first kappa shape index (κ1) is 17.0. The number of carbonyl (C=O) groups excluding carboxylic acids is 1. The maximum absolute atomic E-state index is 11.9. The molecule has 0 spiro atoms. The first-order chi connectivity index (χ1) is 9.31. The first-order valence-electron chi connectivity index (χ1n) is 6.80. The minimum atomic E-state index is -0.555. The second-order valence-electron chi connectivity index (χ2n) is 5.37. The summed E-state index contributed by atoms with van der Waals surface area (Å²) in [4.78, 5) is 11.9. The molecule has 0 radical (unpaired) electrons. The van der Waals surface area contributed by atoms with E-state index in [1.165, 1.54) is 0 Å². The van der Waals surface area contributed by atoms with Crippen LogP contribution in [0.25, 0.3) is 0 Å². The molecule has 1 unspecified atom stereocenters. The van der Waals surface area contributed by atoms with Crippen LogP contribution in [0.4, 0.5) is 0 Å². The number of amides is 1. The van der Waals surface area contributed by atoms with Crippen molar-refractivity contribution in [3.63, 3.8) is 0 Å². The van der Waals surface area contributed by atoms with Crippen molar-refractivity contribution in [2.75, 3.05) is 6.54 Å². The summed E-state index contributed by atoms with van der Waals surface area (Å²) in [5, 5.41) is 2.86. The molecule has 0 aromatic heterocycles. The summed E-state index contributed by atoms with van der Waals surface area (Å²) in [6, 6.07) is 5.51. The zero-order valence-corrected chi connectivity index (χ0v) is 14.0. The Kier molecular flexibility index (Phi) is 6.49. The van der Waals surface area contributed by atoms with Crippen LogP contribution in [0.15, 0.2) is 22.7 Å². The molecule has 0 aliphatic heterocycles. The highest BCUT2D eigenvalue weighted by atomic mass is 79.9. The van der Waals surface area contributed by atoms with Gasteiger partial charge in [0.05, 0.1) is 0 Å². The fraction of sp³-hybridized carbons (Fsp3) is 0.533. The molecule has 0 aliphatic rings. The van der Waals surface area contributed by atoms with Gasteiger partial charge >= 0.3 is 0 Å². The van der Waals surface area contributed by atoms with Gasteiger partial charge in [-0.25, -0.2) is 0 Å². The van der Waals surface area contributed by atoms with Gasteiger partial charge in [0.2, 0.25) is 0 Å². The van der Waals surface area contributed by atoms with Crippen LogP contribution in [0.3, 0.4) is 0 Å². The third-order valence-corrected chi connectivity index (χ3v) is 3.32. The molecular formula is C15H23BrN2O2. The van der Waals surface area contributed by atoms with E-state index in [9.17, 15) is 4.79 Å². The van der Waals surface area contributed by atoms with Gasteiger partial charge in [-0.2, -0.15) is 0 Å². The van der Waals surface area contributed by atoms with Crippen LogP contribution in [0.2, 0.25) is 0 Å². The van der Waals surface area contributed by atoms with Crippen LogP contribution in [0.1, 0.15) is 39.3 Å². The Balaban J connectivity index is 2.76. The van der Waals surface area contributed by atoms with E-state index in [1.807, 2.05) is 39.0 Å². The Hall–Kier alpha value is -1.07. The molecule has 0 saturated carbocycles. The minimum absolute atomic E-state index is 0.116.